The van der Waals surface area contributed by atoms with Crippen LogP contribution in [0.3, 0.4) is 0 Å². The molecule has 0 fully saturated rings. The van der Waals surface area contributed by atoms with E-state index in [1.54, 1.807) is 25.4 Å². The number of aromatic nitrogens is 1. The molecule has 0 unspecified atom stereocenters. The number of nitrogens with one attached hydrogen (secondary N) is 3. The minimum Gasteiger partial charge on any atom is -0.360 e. The van der Waals surface area contributed by atoms with Crippen LogP contribution < -0.4 is 10.6 Å². The van der Waals surface area contributed by atoms with Crippen LogP contribution in [0.2, 0.25) is 0 Å². The number of aryl methyl sites for hydroxylation is 1. The Morgan fingerprint density at radius 3 is 2.41 bits per heavy atom. The molecule has 0 radical (unpaired) electrons. The average molecular weight is 458 g/mol. The highest BCUT2D eigenvalue weighted by Gasteiger charge is 2.24. The molecule has 3 N–H and O–H groups in total. The summed E-state index contributed by atoms with van der Waals surface area (Å²) in [7, 11) is 1.63. The highest BCUT2D eigenvalue weighted by Crippen LogP contribution is 2.26. The van der Waals surface area contributed by atoms with Crippen molar-refractivity contribution in [3.05, 3.63) is 107 Å². The number of rotatable bonds is 10. The number of benzene rings is 3. The second-order valence-corrected chi connectivity index (χ2v) is 8.29. The van der Waals surface area contributed by atoms with E-state index in [0.717, 1.165) is 27.6 Å². The van der Waals surface area contributed by atoms with Gasteiger partial charge in [0.2, 0.25) is 5.91 Å². The average Bonchev–Trinajstić information content (AvgIpc) is 3.29. The highest BCUT2D eigenvalue weighted by molar-refractivity contribution is 6.10. The Balaban J connectivity index is 1.53. The van der Waals surface area contributed by atoms with Crippen LogP contribution in [0.5, 0.6) is 0 Å². The quantitative estimate of drug-likeness (QED) is 0.301. The van der Waals surface area contributed by atoms with Crippen LogP contribution in [-0.2, 0) is 17.6 Å². The lowest BCUT2D eigenvalue weighted by Crippen LogP contribution is -2.30. The lowest BCUT2D eigenvalue weighted by Gasteiger charge is -2.18. The highest BCUT2D eigenvalue weighted by atomic mass is 19.1. The van der Waals surface area contributed by atoms with Crippen molar-refractivity contribution in [2.45, 2.75) is 25.3 Å². The predicted molar refractivity (Wildman–Crippen MR) is 132 cm³/mol. The summed E-state index contributed by atoms with van der Waals surface area (Å²) in [4.78, 5) is 28.4. The second-order valence-electron chi connectivity index (χ2n) is 8.29. The molecule has 0 spiro atoms. The summed E-state index contributed by atoms with van der Waals surface area (Å²) in [6.07, 6.45) is 3.49. The third kappa shape index (κ3) is 5.58. The van der Waals surface area contributed by atoms with Crippen molar-refractivity contribution >= 4 is 22.6 Å². The molecule has 5 nitrogen and oxygen atoms in total. The Morgan fingerprint density at radius 1 is 0.941 bits per heavy atom. The zero-order valence-corrected chi connectivity index (χ0v) is 19.1. The smallest absolute Gasteiger partial charge is 0.220 e. The number of amides is 1. The zero-order chi connectivity index (χ0) is 23.9. The number of carbonyl (C=O) groups is 2. The third-order valence-electron chi connectivity index (χ3n) is 6.00. The molecule has 0 saturated carbocycles. The van der Waals surface area contributed by atoms with Crippen molar-refractivity contribution in [3.63, 3.8) is 0 Å². The zero-order valence-electron chi connectivity index (χ0n) is 19.1. The molecule has 6 heteroatoms. The Bertz CT molecular complexity index is 1270. The van der Waals surface area contributed by atoms with Gasteiger partial charge < -0.3 is 15.6 Å². The minimum absolute atomic E-state index is 0.000126. The van der Waals surface area contributed by atoms with Gasteiger partial charge >= 0.3 is 0 Å². The van der Waals surface area contributed by atoms with Crippen molar-refractivity contribution < 1.29 is 14.0 Å². The number of ketones is 1. The molecule has 174 valence electrons. The van der Waals surface area contributed by atoms with E-state index < -0.39 is 6.04 Å². The summed E-state index contributed by atoms with van der Waals surface area (Å²) in [5.41, 5.74) is 4.42. The molecule has 1 heterocycles. The fraction of sp³-hybridized carbons (Fsp3) is 0.214. The van der Waals surface area contributed by atoms with Gasteiger partial charge in [-0.3, -0.25) is 9.59 Å². The molecule has 0 aliphatic rings. The van der Waals surface area contributed by atoms with Gasteiger partial charge in [-0.1, -0.05) is 54.6 Å². The van der Waals surface area contributed by atoms with Gasteiger partial charge in [-0.25, -0.2) is 4.39 Å². The van der Waals surface area contributed by atoms with E-state index in [9.17, 15) is 14.0 Å². The molecule has 1 aromatic heterocycles. The molecule has 0 aliphatic heterocycles. The van der Waals surface area contributed by atoms with Crippen LogP contribution in [0.4, 0.5) is 4.39 Å². The lowest BCUT2D eigenvalue weighted by molar-refractivity contribution is -0.120. The monoisotopic (exact) mass is 457 g/mol. The number of hydrogen-bond donors (Lipinski definition) is 3. The summed E-state index contributed by atoms with van der Waals surface area (Å²) < 4.78 is 13.2. The van der Waals surface area contributed by atoms with Crippen LogP contribution in [-0.4, -0.2) is 30.3 Å². The molecule has 0 saturated heterocycles. The standard InChI is InChI=1S/C28H28FN3O2/c1-30-26(33)14-10-20-9-13-23-24(18-32-25(23)17-20)28(34)27(21-5-3-2-4-6-21)31-16-15-19-7-11-22(29)12-8-19/h2-9,11-13,17-18,27,31-32H,10,14-16H2,1H3,(H,30,33)/t27-/m0/s1. The SMILES string of the molecule is CNC(=O)CCc1ccc2c(C(=O)[C@@H](NCCc3ccc(F)cc3)c3ccccc3)c[nH]c2c1. The first-order valence-electron chi connectivity index (χ1n) is 11.4. The summed E-state index contributed by atoms with van der Waals surface area (Å²) in [6.45, 7) is 0.572. The van der Waals surface area contributed by atoms with Crippen molar-refractivity contribution in [2.75, 3.05) is 13.6 Å². The fourth-order valence-electron chi connectivity index (χ4n) is 4.09. The van der Waals surface area contributed by atoms with Crippen LogP contribution >= 0.6 is 0 Å². The van der Waals surface area contributed by atoms with Gasteiger partial charge in [-0.2, -0.15) is 0 Å². The normalized spacial score (nSPS) is 11.9. The van der Waals surface area contributed by atoms with Crippen LogP contribution in [0.1, 0.15) is 39.5 Å². The maximum atomic E-state index is 13.7. The van der Waals surface area contributed by atoms with Gasteiger partial charge in [0.25, 0.3) is 0 Å². The molecular formula is C28H28FN3O2. The number of halogens is 1. The van der Waals surface area contributed by atoms with Crippen LogP contribution in [0, 0.1) is 5.82 Å². The number of H-pyrrole nitrogens is 1. The third-order valence-corrected chi connectivity index (χ3v) is 6.00. The first kappa shape index (κ1) is 23.4. The molecule has 34 heavy (non-hydrogen) atoms. The van der Waals surface area contributed by atoms with Gasteiger partial charge in [0.05, 0.1) is 6.04 Å². The largest absolute Gasteiger partial charge is 0.360 e. The molecule has 4 aromatic rings. The van der Waals surface area contributed by atoms with Crippen molar-refractivity contribution in [1.29, 1.82) is 0 Å². The van der Waals surface area contributed by atoms with Crippen molar-refractivity contribution in [2.24, 2.45) is 0 Å². The summed E-state index contributed by atoms with van der Waals surface area (Å²) in [6, 6.07) is 21.5. The molecule has 1 amide bonds. The molecule has 4 rings (SSSR count). The Morgan fingerprint density at radius 2 is 1.68 bits per heavy atom. The van der Waals surface area contributed by atoms with Gasteiger partial charge in [0.15, 0.2) is 5.78 Å². The summed E-state index contributed by atoms with van der Waals surface area (Å²) in [5, 5.41) is 6.89. The lowest BCUT2D eigenvalue weighted by atomic mass is 9.96. The van der Waals surface area contributed by atoms with E-state index in [4.69, 9.17) is 0 Å². The van der Waals surface area contributed by atoms with Crippen molar-refractivity contribution in [3.8, 4) is 0 Å². The number of carbonyl (C=O) groups excluding carboxylic acids is 2. The maximum absolute atomic E-state index is 13.7. The van der Waals surface area contributed by atoms with E-state index in [2.05, 4.69) is 15.6 Å². The molecule has 3 aromatic carbocycles. The van der Waals surface area contributed by atoms with Crippen LogP contribution in [0.25, 0.3) is 10.9 Å². The molecular weight excluding hydrogens is 429 g/mol. The summed E-state index contributed by atoms with van der Waals surface area (Å²) in [5.74, 6) is -0.278. The van der Waals surface area contributed by atoms with E-state index in [0.29, 0.717) is 31.4 Å². The van der Waals surface area contributed by atoms with E-state index in [-0.39, 0.29) is 17.5 Å². The van der Waals surface area contributed by atoms with E-state index >= 15 is 0 Å². The summed E-state index contributed by atoms with van der Waals surface area (Å²) >= 11 is 0. The fourth-order valence-corrected chi connectivity index (χ4v) is 4.09. The van der Waals surface area contributed by atoms with Gasteiger partial charge in [0.1, 0.15) is 5.82 Å². The topological polar surface area (TPSA) is 74.0 Å². The first-order chi connectivity index (χ1) is 16.5. The van der Waals surface area contributed by atoms with Crippen LogP contribution in [0.15, 0.2) is 79.0 Å². The van der Waals surface area contributed by atoms with E-state index in [1.807, 2.05) is 48.5 Å². The Kier molecular flexibility index (Phi) is 7.50. The molecule has 0 aliphatic carbocycles. The van der Waals surface area contributed by atoms with Gasteiger partial charge in [0, 0.05) is 42.7 Å². The second kappa shape index (κ2) is 10.9. The first-order valence-corrected chi connectivity index (χ1v) is 11.4. The van der Waals surface area contributed by atoms with Gasteiger partial charge in [-0.15, -0.1) is 0 Å². The number of fused-ring (bicyclic) bond motifs is 1. The van der Waals surface area contributed by atoms with Crippen molar-refractivity contribution in [1.82, 2.24) is 15.6 Å². The number of Topliss-reactive ketones (excluding diaryl/α,β-unsaturated/α-hetero) is 1. The van der Waals surface area contributed by atoms with E-state index in [1.165, 1.54) is 12.1 Å². The number of aromatic amines is 1. The molecule has 0 bridgehead atoms. The maximum Gasteiger partial charge on any atom is 0.220 e. The predicted octanol–water partition coefficient (Wildman–Crippen LogP) is 4.74. The Hall–Kier alpha value is -3.77. The van der Waals surface area contributed by atoms with Gasteiger partial charge in [-0.05, 0) is 47.7 Å². The minimum atomic E-state index is -0.506. The Labute approximate surface area is 198 Å². The molecule has 1 atom stereocenters. The number of hydrogen-bond acceptors (Lipinski definition) is 3.